The van der Waals surface area contributed by atoms with Gasteiger partial charge in [0, 0.05) is 13.1 Å². The van der Waals surface area contributed by atoms with E-state index < -0.39 is 0 Å². The van der Waals surface area contributed by atoms with Gasteiger partial charge in [0.25, 0.3) is 0 Å². The number of hydrogen-bond acceptors (Lipinski definition) is 6. The first-order valence-electron chi connectivity index (χ1n) is 9.48. The molecule has 3 aromatic heterocycles. The van der Waals surface area contributed by atoms with Crippen LogP contribution in [0, 0.1) is 0 Å². The summed E-state index contributed by atoms with van der Waals surface area (Å²) in [4.78, 5) is 16.1. The van der Waals surface area contributed by atoms with Gasteiger partial charge in [-0.15, -0.1) is 21.5 Å². The second-order valence-electron chi connectivity index (χ2n) is 6.72. The molecule has 4 heterocycles. The Hall–Kier alpha value is -1.93. The average Bonchev–Trinajstić information content (AvgIpc) is 3.37. The molecule has 1 atom stereocenters. The summed E-state index contributed by atoms with van der Waals surface area (Å²) in [6.45, 7) is 3.91. The SMILES string of the molecule is CCCC(Sc1ccc2nnc(-c3cccs3)n2n1)C(=O)N1CCCCC1. The fourth-order valence-electron chi connectivity index (χ4n) is 3.35. The van der Waals surface area contributed by atoms with Crippen LogP contribution in [-0.2, 0) is 4.79 Å². The molecule has 3 aromatic rings. The number of hydrogen-bond donors (Lipinski definition) is 0. The van der Waals surface area contributed by atoms with E-state index in [4.69, 9.17) is 5.10 Å². The summed E-state index contributed by atoms with van der Waals surface area (Å²) in [7, 11) is 0. The Labute approximate surface area is 167 Å². The van der Waals surface area contributed by atoms with Crippen molar-refractivity contribution in [3.05, 3.63) is 29.6 Å². The number of aromatic nitrogens is 4. The monoisotopic (exact) mass is 401 g/mol. The molecule has 0 bridgehead atoms. The molecule has 142 valence electrons. The third-order valence-electron chi connectivity index (χ3n) is 4.74. The van der Waals surface area contributed by atoms with Gasteiger partial charge in [-0.05, 0) is 49.3 Å². The number of piperidine rings is 1. The second-order valence-corrected chi connectivity index (χ2v) is 8.89. The minimum Gasteiger partial charge on any atom is -0.342 e. The summed E-state index contributed by atoms with van der Waals surface area (Å²) in [6.07, 6.45) is 5.30. The molecule has 0 aliphatic carbocycles. The van der Waals surface area contributed by atoms with Crippen molar-refractivity contribution in [2.75, 3.05) is 13.1 Å². The van der Waals surface area contributed by atoms with E-state index in [0.717, 1.165) is 60.1 Å². The van der Waals surface area contributed by atoms with Gasteiger partial charge in [-0.3, -0.25) is 4.79 Å². The maximum absolute atomic E-state index is 13.0. The predicted octanol–water partition coefficient (Wildman–Crippen LogP) is 4.13. The van der Waals surface area contributed by atoms with E-state index in [1.807, 2.05) is 34.5 Å². The lowest BCUT2D eigenvalue weighted by molar-refractivity contribution is -0.131. The van der Waals surface area contributed by atoms with Crippen molar-refractivity contribution in [3.8, 4) is 10.7 Å². The molecule has 1 unspecified atom stereocenters. The molecule has 1 aliphatic heterocycles. The van der Waals surface area contributed by atoms with Crippen molar-refractivity contribution < 1.29 is 4.79 Å². The normalized spacial score (nSPS) is 16.0. The van der Waals surface area contributed by atoms with E-state index in [2.05, 4.69) is 17.1 Å². The number of thioether (sulfide) groups is 1. The van der Waals surface area contributed by atoms with Crippen molar-refractivity contribution in [1.29, 1.82) is 0 Å². The van der Waals surface area contributed by atoms with Crippen molar-refractivity contribution >= 4 is 34.7 Å². The molecule has 0 N–H and O–H groups in total. The van der Waals surface area contributed by atoms with Gasteiger partial charge in [-0.25, -0.2) is 0 Å². The Kier molecular flexibility index (Phi) is 5.73. The van der Waals surface area contributed by atoms with Crippen LogP contribution in [0.4, 0.5) is 0 Å². The minimum absolute atomic E-state index is 0.0836. The molecule has 4 rings (SSSR count). The molecule has 0 aromatic carbocycles. The number of amides is 1. The maximum Gasteiger partial charge on any atom is 0.236 e. The third kappa shape index (κ3) is 4.01. The summed E-state index contributed by atoms with van der Waals surface area (Å²) in [5.74, 6) is 1.00. The summed E-state index contributed by atoms with van der Waals surface area (Å²) < 4.78 is 1.78. The Morgan fingerprint density at radius 1 is 1.22 bits per heavy atom. The Balaban J connectivity index is 1.58. The molecule has 0 saturated carbocycles. The quantitative estimate of drug-likeness (QED) is 0.581. The van der Waals surface area contributed by atoms with Crippen LogP contribution in [0.15, 0.2) is 34.7 Å². The van der Waals surface area contributed by atoms with Crippen LogP contribution in [0.25, 0.3) is 16.3 Å². The lowest BCUT2D eigenvalue weighted by atomic mass is 10.1. The van der Waals surface area contributed by atoms with Crippen molar-refractivity contribution in [2.24, 2.45) is 0 Å². The summed E-state index contributed by atoms with van der Waals surface area (Å²) >= 11 is 3.18. The van der Waals surface area contributed by atoms with Crippen LogP contribution < -0.4 is 0 Å². The third-order valence-corrected chi connectivity index (χ3v) is 6.78. The molecule has 1 aliphatic rings. The maximum atomic E-state index is 13.0. The number of fused-ring (bicyclic) bond motifs is 1. The van der Waals surface area contributed by atoms with Gasteiger partial charge in [-0.1, -0.05) is 31.2 Å². The molecule has 8 heteroatoms. The molecule has 0 spiro atoms. The van der Waals surface area contributed by atoms with E-state index >= 15 is 0 Å². The fraction of sp³-hybridized carbons (Fsp3) is 0.474. The van der Waals surface area contributed by atoms with Crippen molar-refractivity contribution in [2.45, 2.75) is 49.3 Å². The highest BCUT2D eigenvalue weighted by atomic mass is 32.2. The van der Waals surface area contributed by atoms with Crippen LogP contribution in [-0.4, -0.2) is 49.0 Å². The lowest BCUT2D eigenvalue weighted by Crippen LogP contribution is -2.41. The molecule has 6 nitrogen and oxygen atoms in total. The molecule has 1 saturated heterocycles. The molecule has 0 radical (unpaired) electrons. The van der Waals surface area contributed by atoms with E-state index in [1.165, 1.54) is 6.42 Å². The first-order chi connectivity index (χ1) is 13.3. The number of rotatable bonds is 6. The smallest absolute Gasteiger partial charge is 0.236 e. The highest BCUT2D eigenvalue weighted by Crippen LogP contribution is 2.29. The van der Waals surface area contributed by atoms with Gasteiger partial charge < -0.3 is 4.90 Å². The zero-order valence-corrected chi connectivity index (χ0v) is 17.0. The first-order valence-corrected chi connectivity index (χ1v) is 11.2. The Bertz CT molecular complexity index is 902. The topological polar surface area (TPSA) is 63.4 Å². The number of likely N-dealkylation sites (tertiary alicyclic amines) is 1. The fourth-order valence-corrected chi connectivity index (χ4v) is 5.22. The van der Waals surface area contributed by atoms with E-state index in [-0.39, 0.29) is 11.2 Å². The van der Waals surface area contributed by atoms with E-state index in [9.17, 15) is 4.79 Å². The molecular weight excluding hydrogens is 378 g/mol. The molecule has 1 fully saturated rings. The van der Waals surface area contributed by atoms with Crippen molar-refractivity contribution in [1.82, 2.24) is 24.7 Å². The van der Waals surface area contributed by atoms with Crippen LogP contribution in [0.1, 0.15) is 39.0 Å². The Morgan fingerprint density at radius 3 is 2.81 bits per heavy atom. The second kappa shape index (κ2) is 8.39. The van der Waals surface area contributed by atoms with Gasteiger partial charge in [0.2, 0.25) is 5.91 Å². The number of carbonyl (C=O) groups is 1. The van der Waals surface area contributed by atoms with Gasteiger partial charge in [0.05, 0.1) is 10.1 Å². The zero-order valence-electron chi connectivity index (χ0n) is 15.4. The van der Waals surface area contributed by atoms with Crippen LogP contribution >= 0.6 is 23.1 Å². The lowest BCUT2D eigenvalue weighted by Gasteiger charge is -2.30. The molecular formula is C19H23N5OS2. The first kappa shape index (κ1) is 18.4. The van der Waals surface area contributed by atoms with Gasteiger partial charge in [0.15, 0.2) is 11.5 Å². The standard InChI is InChI=1S/C19H23N5OS2/c1-2-7-15(19(25)23-11-4-3-5-12-23)27-17-10-9-16-20-21-18(24(16)22-17)14-8-6-13-26-14/h6,8-10,13,15H,2-5,7,11-12H2,1H3. The molecule has 1 amide bonds. The number of carbonyl (C=O) groups excluding carboxylic acids is 1. The van der Waals surface area contributed by atoms with Gasteiger partial charge in [0.1, 0.15) is 5.03 Å². The number of thiophene rings is 1. The van der Waals surface area contributed by atoms with Crippen molar-refractivity contribution in [3.63, 3.8) is 0 Å². The highest BCUT2D eigenvalue weighted by molar-refractivity contribution is 8.00. The number of nitrogens with zero attached hydrogens (tertiary/aromatic N) is 5. The van der Waals surface area contributed by atoms with Gasteiger partial charge in [-0.2, -0.15) is 9.61 Å². The van der Waals surface area contributed by atoms with Crippen LogP contribution in [0.5, 0.6) is 0 Å². The summed E-state index contributed by atoms with van der Waals surface area (Å²) in [5, 5.41) is 16.0. The average molecular weight is 402 g/mol. The Morgan fingerprint density at radius 2 is 2.07 bits per heavy atom. The zero-order chi connectivity index (χ0) is 18.6. The largest absolute Gasteiger partial charge is 0.342 e. The van der Waals surface area contributed by atoms with Gasteiger partial charge >= 0.3 is 0 Å². The summed E-state index contributed by atoms with van der Waals surface area (Å²) in [6, 6.07) is 7.88. The predicted molar refractivity (Wildman–Crippen MR) is 109 cm³/mol. The highest BCUT2D eigenvalue weighted by Gasteiger charge is 2.26. The summed E-state index contributed by atoms with van der Waals surface area (Å²) in [5.41, 5.74) is 0.720. The van der Waals surface area contributed by atoms with Crippen LogP contribution in [0.2, 0.25) is 0 Å². The van der Waals surface area contributed by atoms with E-state index in [0.29, 0.717) is 0 Å². The minimum atomic E-state index is -0.0836. The molecule has 27 heavy (non-hydrogen) atoms. The van der Waals surface area contributed by atoms with Crippen LogP contribution in [0.3, 0.4) is 0 Å². The van der Waals surface area contributed by atoms with E-state index in [1.54, 1.807) is 27.6 Å².